The maximum absolute atomic E-state index is 13.6. The van der Waals surface area contributed by atoms with Gasteiger partial charge in [-0.1, -0.05) is 76.2 Å². The first-order valence-corrected chi connectivity index (χ1v) is 14.7. The van der Waals surface area contributed by atoms with Crippen molar-refractivity contribution in [3.63, 3.8) is 0 Å². The molecule has 2 amide bonds. The number of hydrazine groups is 1. The SMILES string of the molecule is CC(C)C[C@@H](C(=O)NN(CC(C)C)S(=O)(=O)Cc1ccccc1N)[C@@H](CCCc1ccccc1)C(=O)NO. The largest absolute Gasteiger partial charge is 0.398 e. The Kier molecular flexibility index (Phi) is 12.2. The monoisotopic (exact) mass is 546 g/mol. The van der Waals surface area contributed by atoms with E-state index in [0.717, 1.165) is 9.98 Å². The van der Waals surface area contributed by atoms with Gasteiger partial charge < -0.3 is 5.73 Å². The van der Waals surface area contributed by atoms with Crippen LogP contribution in [0.15, 0.2) is 54.6 Å². The fourth-order valence-corrected chi connectivity index (χ4v) is 6.00. The molecule has 0 heterocycles. The summed E-state index contributed by atoms with van der Waals surface area (Å²) in [6.45, 7) is 7.61. The van der Waals surface area contributed by atoms with E-state index in [4.69, 9.17) is 5.73 Å². The lowest BCUT2D eigenvalue weighted by atomic mass is 9.81. The maximum Gasteiger partial charge on any atom is 0.247 e. The van der Waals surface area contributed by atoms with Crippen LogP contribution in [0.1, 0.15) is 58.1 Å². The molecule has 0 spiro atoms. The van der Waals surface area contributed by atoms with Gasteiger partial charge in [-0.25, -0.2) is 13.9 Å². The third kappa shape index (κ3) is 9.74. The van der Waals surface area contributed by atoms with E-state index in [9.17, 15) is 23.2 Å². The van der Waals surface area contributed by atoms with Crippen molar-refractivity contribution in [1.29, 1.82) is 0 Å². The molecular weight excluding hydrogens is 504 g/mol. The van der Waals surface area contributed by atoms with Crippen LogP contribution in [0.2, 0.25) is 0 Å². The Morgan fingerprint density at radius 3 is 2.13 bits per heavy atom. The summed E-state index contributed by atoms with van der Waals surface area (Å²) in [7, 11) is -3.98. The van der Waals surface area contributed by atoms with Gasteiger partial charge >= 0.3 is 0 Å². The third-order valence-corrected chi connectivity index (χ3v) is 7.90. The van der Waals surface area contributed by atoms with Crippen molar-refractivity contribution in [2.45, 2.75) is 59.1 Å². The number of para-hydroxylation sites is 1. The minimum atomic E-state index is -3.98. The number of nitrogens with zero attached hydrogens (tertiary/aromatic N) is 1. The molecule has 5 N–H and O–H groups in total. The summed E-state index contributed by atoms with van der Waals surface area (Å²) in [6.07, 6.45) is 2.02. The van der Waals surface area contributed by atoms with Crippen LogP contribution in [0.25, 0.3) is 0 Å². The molecule has 38 heavy (non-hydrogen) atoms. The number of carbonyl (C=O) groups is 2. The average Bonchev–Trinajstić information content (AvgIpc) is 2.86. The van der Waals surface area contributed by atoms with Crippen molar-refractivity contribution >= 4 is 27.5 Å². The lowest BCUT2D eigenvalue weighted by molar-refractivity contribution is -0.142. The summed E-state index contributed by atoms with van der Waals surface area (Å²) in [4.78, 5) is 26.4. The molecule has 210 valence electrons. The summed E-state index contributed by atoms with van der Waals surface area (Å²) in [5.41, 5.74) is 12.2. The van der Waals surface area contributed by atoms with E-state index >= 15 is 0 Å². The number of anilines is 1. The Labute approximate surface area is 226 Å². The van der Waals surface area contributed by atoms with Gasteiger partial charge in [-0.3, -0.25) is 20.2 Å². The molecule has 0 aromatic heterocycles. The third-order valence-electron chi connectivity index (χ3n) is 6.31. The number of sulfonamides is 1. The summed E-state index contributed by atoms with van der Waals surface area (Å²) in [5, 5.41) is 9.46. The molecule has 2 atom stereocenters. The Balaban J connectivity index is 2.28. The molecule has 2 aromatic rings. The summed E-state index contributed by atoms with van der Waals surface area (Å²) >= 11 is 0. The first-order valence-electron chi connectivity index (χ1n) is 13.1. The van der Waals surface area contributed by atoms with Crippen LogP contribution in [0.5, 0.6) is 0 Å². The van der Waals surface area contributed by atoms with Gasteiger partial charge in [-0.2, -0.15) is 0 Å². The molecule has 0 bridgehead atoms. The van der Waals surface area contributed by atoms with Gasteiger partial charge in [-0.05, 0) is 54.7 Å². The molecule has 0 radical (unpaired) electrons. The van der Waals surface area contributed by atoms with Gasteiger partial charge in [0.25, 0.3) is 0 Å². The van der Waals surface area contributed by atoms with Crippen LogP contribution in [-0.4, -0.2) is 36.4 Å². The number of carbonyl (C=O) groups excluding carboxylic acids is 2. The minimum absolute atomic E-state index is 0.0492. The van der Waals surface area contributed by atoms with Crippen LogP contribution >= 0.6 is 0 Å². The van der Waals surface area contributed by atoms with E-state index in [1.807, 2.05) is 58.0 Å². The predicted molar refractivity (Wildman–Crippen MR) is 149 cm³/mol. The Morgan fingerprint density at radius 2 is 1.55 bits per heavy atom. The molecule has 0 aliphatic heterocycles. The number of nitrogens with one attached hydrogen (secondary N) is 2. The number of hydrogen-bond donors (Lipinski definition) is 4. The Morgan fingerprint density at radius 1 is 0.921 bits per heavy atom. The topological polar surface area (TPSA) is 142 Å². The van der Waals surface area contributed by atoms with Crippen molar-refractivity contribution in [1.82, 2.24) is 15.3 Å². The molecule has 0 saturated heterocycles. The van der Waals surface area contributed by atoms with E-state index < -0.39 is 33.7 Å². The van der Waals surface area contributed by atoms with E-state index in [0.29, 0.717) is 36.9 Å². The molecule has 2 aromatic carbocycles. The van der Waals surface area contributed by atoms with Gasteiger partial charge in [0.05, 0.1) is 17.6 Å². The van der Waals surface area contributed by atoms with Crippen molar-refractivity contribution < 1.29 is 23.2 Å². The van der Waals surface area contributed by atoms with Gasteiger partial charge in [0.1, 0.15) is 0 Å². The zero-order chi connectivity index (χ0) is 28.3. The summed E-state index contributed by atoms with van der Waals surface area (Å²) in [6, 6.07) is 16.5. The lowest BCUT2D eigenvalue weighted by Crippen LogP contribution is -2.52. The second kappa shape index (κ2) is 14.8. The average molecular weight is 547 g/mol. The number of hydroxylamine groups is 1. The molecular formula is C28H42N4O5S. The van der Waals surface area contributed by atoms with Crippen LogP contribution in [-0.2, 0) is 31.8 Å². The number of nitrogens with two attached hydrogens (primary N) is 1. The molecule has 9 nitrogen and oxygen atoms in total. The minimum Gasteiger partial charge on any atom is -0.398 e. The number of nitrogen functional groups attached to an aromatic ring is 1. The van der Waals surface area contributed by atoms with Gasteiger partial charge in [0, 0.05) is 12.2 Å². The number of rotatable bonds is 15. The number of amides is 2. The van der Waals surface area contributed by atoms with Gasteiger partial charge in [-0.15, -0.1) is 4.41 Å². The number of benzene rings is 2. The smallest absolute Gasteiger partial charge is 0.247 e. The number of hydrogen-bond acceptors (Lipinski definition) is 6. The standard InChI is InChI=1S/C28H42N4O5S/c1-20(2)17-25(24(28(34)31-35)15-10-13-22-11-6-5-7-12-22)27(33)30-32(18-21(3)4)38(36,37)19-23-14-8-9-16-26(23)29/h5-9,11-12,14,16,20-21,24-25,35H,10,13,15,17-19,29H2,1-4H3,(H,30,33)(H,31,34)/t24-,25-/m1/s1. The Bertz CT molecular complexity index is 1140. The highest BCUT2D eigenvalue weighted by atomic mass is 32.2. The second-order valence-electron chi connectivity index (χ2n) is 10.6. The fourth-order valence-electron chi connectivity index (χ4n) is 4.44. The van der Waals surface area contributed by atoms with Crippen LogP contribution in [0.4, 0.5) is 5.69 Å². The quantitative estimate of drug-likeness (QED) is 0.152. The molecule has 0 aliphatic rings. The molecule has 0 fully saturated rings. The highest BCUT2D eigenvalue weighted by molar-refractivity contribution is 7.88. The highest BCUT2D eigenvalue weighted by Gasteiger charge is 2.36. The molecule has 2 rings (SSSR count). The molecule has 0 unspecified atom stereocenters. The molecule has 0 saturated carbocycles. The Hall–Kier alpha value is -2.95. The molecule has 0 aliphatic carbocycles. The van der Waals surface area contributed by atoms with Crippen LogP contribution in [0, 0.1) is 23.7 Å². The fraction of sp³-hybridized carbons (Fsp3) is 0.500. The normalized spacial score (nSPS) is 13.5. The van der Waals surface area contributed by atoms with E-state index in [-0.39, 0.29) is 24.1 Å². The van der Waals surface area contributed by atoms with Gasteiger partial charge in [0.2, 0.25) is 21.8 Å². The van der Waals surface area contributed by atoms with Crippen molar-refractivity contribution in [2.24, 2.45) is 23.7 Å². The van der Waals surface area contributed by atoms with Crippen LogP contribution < -0.4 is 16.6 Å². The van der Waals surface area contributed by atoms with E-state index in [2.05, 4.69) is 5.43 Å². The van der Waals surface area contributed by atoms with E-state index in [1.165, 1.54) is 0 Å². The van der Waals surface area contributed by atoms with Crippen molar-refractivity contribution in [2.75, 3.05) is 12.3 Å². The van der Waals surface area contributed by atoms with Crippen molar-refractivity contribution in [3.05, 3.63) is 65.7 Å². The van der Waals surface area contributed by atoms with Gasteiger partial charge in [0.15, 0.2) is 0 Å². The van der Waals surface area contributed by atoms with Crippen molar-refractivity contribution in [3.8, 4) is 0 Å². The lowest BCUT2D eigenvalue weighted by Gasteiger charge is -2.30. The molecule has 10 heteroatoms. The number of aryl methyl sites for hydroxylation is 1. The predicted octanol–water partition coefficient (Wildman–Crippen LogP) is 3.89. The maximum atomic E-state index is 13.6. The van der Waals surface area contributed by atoms with Crippen LogP contribution in [0.3, 0.4) is 0 Å². The summed E-state index contributed by atoms with van der Waals surface area (Å²) < 4.78 is 27.8. The first kappa shape index (κ1) is 31.3. The van der Waals surface area contributed by atoms with E-state index in [1.54, 1.807) is 29.7 Å². The zero-order valence-corrected chi connectivity index (χ0v) is 23.6. The zero-order valence-electron chi connectivity index (χ0n) is 22.8. The first-order chi connectivity index (χ1) is 17.9. The second-order valence-corrected chi connectivity index (χ2v) is 12.4. The summed E-state index contributed by atoms with van der Waals surface area (Å²) in [5.74, 6) is -3.31. The highest BCUT2D eigenvalue weighted by Crippen LogP contribution is 2.27.